The van der Waals surface area contributed by atoms with Gasteiger partial charge in [0.15, 0.2) is 0 Å². The van der Waals surface area contributed by atoms with Gasteiger partial charge in [0.25, 0.3) is 5.91 Å². The molecule has 0 unspecified atom stereocenters. The first kappa shape index (κ1) is 14.0. The van der Waals surface area contributed by atoms with Crippen LogP contribution in [0.2, 0.25) is 0 Å². The molecule has 2 aromatic rings. The fourth-order valence-corrected chi connectivity index (χ4v) is 2.02. The van der Waals surface area contributed by atoms with Gasteiger partial charge < -0.3 is 10.4 Å². The van der Waals surface area contributed by atoms with Crippen molar-refractivity contribution in [2.45, 2.75) is 19.9 Å². The number of hydrogen-bond donors (Lipinski definition) is 2. The number of nitrogens with zero attached hydrogens (tertiary/aromatic N) is 1. The fraction of sp³-hybridized carbons (Fsp3) is 0.267. The van der Waals surface area contributed by atoms with E-state index < -0.39 is 17.9 Å². The molecule has 2 rings (SSSR count). The molecule has 1 atom stereocenters. The minimum absolute atomic E-state index is 0.202. The number of amides is 1. The Hall–Kier alpha value is -2.43. The number of carboxylic acids is 1. The lowest BCUT2D eigenvalue weighted by Crippen LogP contribution is -2.44. The van der Waals surface area contributed by atoms with E-state index in [0.717, 1.165) is 5.39 Å². The maximum absolute atomic E-state index is 12.2. The number of aromatic nitrogens is 1. The monoisotopic (exact) mass is 272 g/mol. The highest BCUT2D eigenvalue weighted by Crippen LogP contribution is 2.16. The number of rotatable bonds is 4. The summed E-state index contributed by atoms with van der Waals surface area (Å²) >= 11 is 0. The number of nitrogens with one attached hydrogen (secondary N) is 1. The first-order valence-electron chi connectivity index (χ1n) is 6.38. The molecule has 5 heteroatoms. The van der Waals surface area contributed by atoms with Crippen LogP contribution in [0.5, 0.6) is 0 Å². The highest BCUT2D eigenvalue weighted by atomic mass is 16.4. The zero-order valence-corrected chi connectivity index (χ0v) is 11.3. The van der Waals surface area contributed by atoms with E-state index in [1.807, 2.05) is 24.3 Å². The topological polar surface area (TPSA) is 79.3 Å². The largest absolute Gasteiger partial charge is 0.480 e. The molecule has 104 valence electrons. The van der Waals surface area contributed by atoms with E-state index in [1.54, 1.807) is 26.1 Å². The van der Waals surface area contributed by atoms with Crippen molar-refractivity contribution in [1.82, 2.24) is 10.3 Å². The van der Waals surface area contributed by atoms with E-state index in [-0.39, 0.29) is 11.6 Å². The van der Waals surface area contributed by atoms with Crippen molar-refractivity contribution in [3.05, 3.63) is 42.2 Å². The first-order valence-corrected chi connectivity index (χ1v) is 6.38. The van der Waals surface area contributed by atoms with Gasteiger partial charge in [0.05, 0.1) is 0 Å². The average molecular weight is 272 g/mol. The van der Waals surface area contributed by atoms with E-state index in [2.05, 4.69) is 10.3 Å². The molecular weight excluding hydrogens is 256 g/mol. The number of carbonyl (C=O) groups excluding carboxylic acids is 1. The molecule has 0 radical (unpaired) electrons. The zero-order chi connectivity index (χ0) is 14.7. The number of fused-ring (bicyclic) bond motifs is 1. The molecule has 0 spiro atoms. The SMILES string of the molecule is CC(C)[C@H](NC(=O)c1nccc2ccccc12)C(=O)O. The van der Waals surface area contributed by atoms with Crippen LogP contribution in [0.15, 0.2) is 36.5 Å². The summed E-state index contributed by atoms with van der Waals surface area (Å²) in [4.78, 5) is 27.5. The third kappa shape index (κ3) is 2.77. The maximum atomic E-state index is 12.2. The van der Waals surface area contributed by atoms with Crippen LogP contribution in [0.1, 0.15) is 24.3 Å². The third-order valence-electron chi connectivity index (χ3n) is 3.11. The number of carboxylic acid groups (broad SMARTS) is 1. The van der Waals surface area contributed by atoms with Crippen LogP contribution in [0.4, 0.5) is 0 Å². The van der Waals surface area contributed by atoms with Crippen LogP contribution >= 0.6 is 0 Å². The Morgan fingerprint density at radius 2 is 1.90 bits per heavy atom. The lowest BCUT2D eigenvalue weighted by molar-refractivity contribution is -0.140. The molecule has 2 N–H and O–H groups in total. The molecule has 1 aromatic heterocycles. The molecule has 1 heterocycles. The summed E-state index contributed by atoms with van der Waals surface area (Å²) in [6.07, 6.45) is 1.54. The number of pyridine rings is 1. The molecule has 0 saturated carbocycles. The standard InChI is InChI=1S/C15H16N2O3/c1-9(2)12(15(19)20)17-14(18)13-11-6-4-3-5-10(11)7-8-16-13/h3-9,12H,1-2H3,(H,17,18)(H,19,20)/t12-/m0/s1. The van der Waals surface area contributed by atoms with E-state index in [1.165, 1.54) is 0 Å². The van der Waals surface area contributed by atoms with E-state index in [9.17, 15) is 9.59 Å². The van der Waals surface area contributed by atoms with Gasteiger partial charge in [-0.25, -0.2) is 4.79 Å². The number of aliphatic carboxylic acids is 1. The molecule has 1 amide bonds. The summed E-state index contributed by atoms with van der Waals surface area (Å²) < 4.78 is 0. The molecule has 0 saturated heterocycles. The molecular formula is C15H16N2O3. The number of hydrogen-bond acceptors (Lipinski definition) is 3. The van der Waals surface area contributed by atoms with Gasteiger partial charge in [-0.05, 0) is 17.4 Å². The molecule has 0 aliphatic rings. The summed E-state index contributed by atoms with van der Waals surface area (Å²) in [5.74, 6) is -1.72. The molecule has 5 nitrogen and oxygen atoms in total. The Morgan fingerprint density at radius 1 is 1.20 bits per heavy atom. The van der Waals surface area contributed by atoms with Crippen molar-refractivity contribution < 1.29 is 14.7 Å². The number of benzene rings is 1. The Labute approximate surface area is 116 Å². The predicted octanol–water partition coefficient (Wildman–Crippen LogP) is 2.07. The normalized spacial score (nSPS) is 12.3. The second-order valence-corrected chi connectivity index (χ2v) is 4.91. The Bertz CT molecular complexity index is 647. The van der Waals surface area contributed by atoms with Crippen LogP contribution in [-0.2, 0) is 4.79 Å². The van der Waals surface area contributed by atoms with Gasteiger partial charge in [-0.2, -0.15) is 0 Å². The van der Waals surface area contributed by atoms with Gasteiger partial charge in [-0.1, -0.05) is 38.1 Å². The van der Waals surface area contributed by atoms with Crippen molar-refractivity contribution >= 4 is 22.6 Å². The van der Waals surface area contributed by atoms with Gasteiger partial charge in [-0.15, -0.1) is 0 Å². The minimum atomic E-state index is -1.05. The van der Waals surface area contributed by atoms with E-state index >= 15 is 0 Å². The molecule has 0 bridgehead atoms. The van der Waals surface area contributed by atoms with Crippen molar-refractivity contribution in [3.8, 4) is 0 Å². The molecule has 1 aromatic carbocycles. The first-order chi connectivity index (χ1) is 9.50. The van der Waals surface area contributed by atoms with Crippen LogP contribution < -0.4 is 5.32 Å². The summed E-state index contributed by atoms with van der Waals surface area (Å²) in [6, 6.07) is 8.25. The molecule has 0 aliphatic heterocycles. The van der Waals surface area contributed by atoms with Gasteiger partial charge in [0.2, 0.25) is 0 Å². The van der Waals surface area contributed by atoms with Crippen molar-refractivity contribution in [3.63, 3.8) is 0 Å². The summed E-state index contributed by atoms with van der Waals surface area (Å²) in [5, 5.41) is 13.2. The number of carbonyl (C=O) groups is 2. The maximum Gasteiger partial charge on any atom is 0.326 e. The average Bonchev–Trinajstić information content (AvgIpc) is 2.43. The van der Waals surface area contributed by atoms with Gasteiger partial charge >= 0.3 is 5.97 Å². The predicted molar refractivity (Wildman–Crippen MR) is 75.5 cm³/mol. The Balaban J connectivity index is 2.34. The van der Waals surface area contributed by atoms with E-state index in [4.69, 9.17) is 5.11 Å². The Morgan fingerprint density at radius 3 is 2.55 bits per heavy atom. The molecule has 20 heavy (non-hydrogen) atoms. The smallest absolute Gasteiger partial charge is 0.326 e. The molecule has 0 aliphatic carbocycles. The highest BCUT2D eigenvalue weighted by molar-refractivity contribution is 6.06. The lowest BCUT2D eigenvalue weighted by atomic mass is 10.0. The highest BCUT2D eigenvalue weighted by Gasteiger charge is 2.25. The Kier molecular flexibility index (Phi) is 3.98. The molecule has 0 fully saturated rings. The van der Waals surface area contributed by atoms with E-state index in [0.29, 0.717) is 5.39 Å². The lowest BCUT2D eigenvalue weighted by Gasteiger charge is -2.18. The van der Waals surface area contributed by atoms with Crippen LogP contribution in [0.25, 0.3) is 10.8 Å². The zero-order valence-electron chi connectivity index (χ0n) is 11.3. The second kappa shape index (κ2) is 5.69. The van der Waals surface area contributed by atoms with Crippen LogP contribution in [-0.4, -0.2) is 28.0 Å². The van der Waals surface area contributed by atoms with Crippen molar-refractivity contribution in [2.75, 3.05) is 0 Å². The minimum Gasteiger partial charge on any atom is -0.480 e. The van der Waals surface area contributed by atoms with Crippen molar-refractivity contribution in [1.29, 1.82) is 0 Å². The second-order valence-electron chi connectivity index (χ2n) is 4.91. The van der Waals surface area contributed by atoms with Crippen molar-refractivity contribution in [2.24, 2.45) is 5.92 Å². The van der Waals surface area contributed by atoms with Gasteiger partial charge in [-0.3, -0.25) is 9.78 Å². The van der Waals surface area contributed by atoms with Crippen LogP contribution in [0.3, 0.4) is 0 Å². The summed E-state index contributed by atoms with van der Waals surface area (Å²) in [7, 11) is 0. The van der Waals surface area contributed by atoms with Gasteiger partial charge in [0.1, 0.15) is 11.7 Å². The van der Waals surface area contributed by atoms with Crippen LogP contribution in [0, 0.1) is 5.92 Å². The van der Waals surface area contributed by atoms with Gasteiger partial charge in [0, 0.05) is 11.6 Å². The summed E-state index contributed by atoms with van der Waals surface area (Å²) in [6.45, 7) is 3.49. The third-order valence-corrected chi connectivity index (χ3v) is 3.11. The quantitative estimate of drug-likeness (QED) is 0.893. The fourth-order valence-electron chi connectivity index (χ4n) is 2.02. The summed E-state index contributed by atoms with van der Waals surface area (Å²) in [5.41, 5.74) is 0.245.